The molecule has 0 heterocycles. The van der Waals surface area contributed by atoms with Gasteiger partial charge in [0.05, 0.1) is 36.4 Å². The summed E-state index contributed by atoms with van der Waals surface area (Å²) >= 11 is 0. The zero-order valence-corrected chi connectivity index (χ0v) is 20.2. The summed E-state index contributed by atoms with van der Waals surface area (Å²) in [5.74, 6) is -2.28. The lowest BCUT2D eigenvalue weighted by Crippen LogP contribution is -2.05. The highest BCUT2D eigenvalue weighted by molar-refractivity contribution is 6.29. The maximum atomic E-state index is 16.8. The number of rotatable bonds is 2. The number of nitriles is 4. The minimum absolute atomic E-state index is 0.00545. The quantitative estimate of drug-likeness (QED) is 0.266. The zero-order valence-electron chi connectivity index (χ0n) is 20.2. The van der Waals surface area contributed by atoms with Crippen LogP contribution >= 0.6 is 0 Å². The molecule has 0 bridgehead atoms. The Morgan fingerprint density at radius 1 is 0.575 bits per heavy atom. The smallest absolute Gasteiger partial charge is 0.226 e. The van der Waals surface area contributed by atoms with Gasteiger partial charge in [-0.3, -0.25) is 0 Å². The molecular weight excluding hydrogens is 506 g/mol. The minimum atomic E-state index is -1.14. The van der Waals surface area contributed by atoms with Crippen LogP contribution < -0.4 is 0 Å². The van der Waals surface area contributed by atoms with E-state index in [0.29, 0.717) is 11.1 Å². The largest absolute Gasteiger partial charge is 0.270 e. The molecule has 0 aromatic heterocycles. The van der Waals surface area contributed by atoms with Crippen LogP contribution in [-0.2, 0) is 0 Å². The summed E-state index contributed by atoms with van der Waals surface area (Å²) in [7, 11) is 0. The van der Waals surface area contributed by atoms with Gasteiger partial charge in [-0.1, -0.05) is 60.7 Å². The fraction of sp³-hybridized carbons (Fsp3) is 0. The van der Waals surface area contributed by atoms with Gasteiger partial charge in [0.2, 0.25) is 0 Å². The average molecular weight is 516 g/mol. The number of halogens is 2. The van der Waals surface area contributed by atoms with E-state index in [1.165, 1.54) is 0 Å². The first kappa shape index (κ1) is 25.1. The molecule has 40 heavy (non-hydrogen) atoms. The minimum Gasteiger partial charge on any atom is -0.226 e. The summed E-state index contributed by atoms with van der Waals surface area (Å²) in [5.41, 5.74) is -3.64. The lowest BCUT2D eigenvalue weighted by Gasteiger charge is -2.14. The maximum Gasteiger partial charge on any atom is 0.270 e. The first-order valence-corrected chi connectivity index (χ1v) is 11.5. The van der Waals surface area contributed by atoms with Crippen molar-refractivity contribution in [2.24, 2.45) is 0 Å². The molecule has 0 saturated carbocycles. The van der Waals surface area contributed by atoms with E-state index in [4.69, 9.17) is 13.1 Å². The molecule has 8 heteroatoms. The molecule has 2 aliphatic carbocycles. The fourth-order valence-corrected chi connectivity index (χ4v) is 5.14. The molecule has 0 spiro atoms. The zero-order chi connectivity index (χ0) is 28.6. The molecule has 5 rings (SSSR count). The molecular formula is C32H10F2N6. The predicted octanol–water partition coefficient (Wildman–Crippen LogP) is 7.17. The monoisotopic (exact) mass is 516 g/mol. The standard InChI is InChI=1S/C32H10F2N6/c1-39-21(15-37)27-23(17-9-5-3-6-10-17)19(13-35)25-29(27)31(33)26-20(14-36)24(18-11-7-4-8-12-18)28(22(16-38)40-2)30(26)32(25)34/h3-12H/b27-21-,28-22+. The molecule has 0 aliphatic heterocycles. The second-order valence-corrected chi connectivity index (χ2v) is 8.48. The Morgan fingerprint density at radius 2 is 0.925 bits per heavy atom. The van der Waals surface area contributed by atoms with Gasteiger partial charge in [0.25, 0.3) is 11.4 Å². The molecule has 0 radical (unpaired) electrons. The number of benzene rings is 3. The Balaban J connectivity index is 2.05. The van der Waals surface area contributed by atoms with Crippen LogP contribution in [0.5, 0.6) is 0 Å². The Bertz CT molecular complexity index is 1870. The molecule has 0 amide bonds. The molecule has 3 aromatic rings. The molecule has 6 nitrogen and oxygen atoms in total. The summed E-state index contributed by atoms with van der Waals surface area (Å²) in [6.45, 7) is 15.1. The van der Waals surface area contributed by atoms with Gasteiger partial charge >= 0.3 is 0 Å². The van der Waals surface area contributed by atoms with E-state index in [1.54, 1.807) is 72.8 Å². The second kappa shape index (κ2) is 9.71. The molecule has 0 saturated heterocycles. The third-order valence-electron chi connectivity index (χ3n) is 6.64. The maximum absolute atomic E-state index is 16.8. The van der Waals surface area contributed by atoms with Crippen LogP contribution in [0.25, 0.3) is 43.1 Å². The lowest BCUT2D eigenvalue weighted by molar-refractivity contribution is 0.590. The van der Waals surface area contributed by atoms with E-state index in [1.807, 2.05) is 12.1 Å². The van der Waals surface area contributed by atoms with Gasteiger partial charge in [0.15, 0.2) is 0 Å². The van der Waals surface area contributed by atoms with Gasteiger partial charge in [-0.05, 0) is 22.3 Å². The molecule has 0 fully saturated rings. The van der Waals surface area contributed by atoms with Crippen molar-refractivity contribution in [1.29, 1.82) is 21.0 Å². The van der Waals surface area contributed by atoms with E-state index < -0.39 is 45.3 Å². The molecule has 0 atom stereocenters. The summed E-state index contributed by atoms with van der Waals surface area (Å²) in [5, 5.41) is 39.9. The summed E-state index contributed by atoms with van der Waals surface area (Å²) < 4.78 is 33.6. The Morgan fingerprint density at radius 3 is 1.20 bits per heavy atom. The first-order valence-electron chi connectivity index (χ1n) is 11.5. The van der Waals surface area contributed by atoms with E-state index in [-0.39, 0.29) is 33.4 Å². The van der Waals surface area contributed by atoms with Crippen LogP contribution in [0.3, 0.4) is 0 Å². The number of fused-ring (bicyclic) bond motifs is 2. The third-order valence-corrected chi connectivity index (χ3v) is 6.64. The van der Waals surface area contributed by atoms with Gasteiger partial charge in [-0.2, -0.15) is 10.5 Å². The summed E-state index contributed by atoms with van der Waals surface area (Å²) in [6.07, 6.45) is 0. The first-order chi connectivity index (χ1) is 19.5. The highest BCUT2D eigenvalue weighted by Crippen LogP contribution is 2.57. The third kappa shape index (κ3) is 3.33. The molecule has 3 aromatic carbocycles. The Kier molecular flexibility index (Phi) is 6.09. The van der Waals surface area contributed by atoms with Crippen LogP contribution in [-0.4, -0.2) is 0 Å². The van der Waals surface area contributed by atoms with E-state index >= 15 is 8.78 Å². The van der Waals surface area contributed by atoms with Crippen molar-refractivity contribution in [2.75, 3.05) is 0 Å². The fourth-order valence-electron chi connectivity index (χ4n) is 5.14. The van der Waals surface area contributed by atoms with Crippen molar-refractivity contribution >= 4 is 33.4 Å². The van der Waals surface area contributed by atoms with Crippen molar-refractivity contribution in [2.45, 2.75) is 0 Å². The van der Waals surface area contributed by atoms with E-state index in [9.17, 15) is 21.0 Å². The van der Waals surface area contributed by atoms with Crippen LogP contribution in [0.15, 0.2) is 72.1 Å². The van der Waals surface area contributed by atoms with Crippen molar-refractivity contribution < 1.29 is 8.78 Å². The van der Waals surface area contributed by atoms with Crippen molar-refractivity contribution in [3.05, 3.63) is 140 Å². The summed E-state index contributed by atoms with van der Waals surface area (Å²) in [6, 6.07) is 23.5. The Labute approximate surface area is 227 Å². The van der Waals surface area contributed by atoms with Gasteiger partial charge in [-0.25, -0.2) is 29.0 Å². The van der Waals surface area contributed by atoms with Crippen molar-refractivity contribution in [1.82, 2.24) is 0 Å². The lowest BCUT2D eigenvalue weighted by atomic mass is 9.90. The van der Waals surface area contributed by atoms with Gasteiger partial charge < -0.3 is 0 Å². The van der Waals surface area contributed by atoms with Crippen molar-refractivity contribution in [3.63, 3.8) is 0 Å². The number of nitrogens with zero attached hydrogens (tertiary/aromatic N) is 6. The van der Waals surface area contributed by atoms with Gasteiger partial charge in [0, 0.05) is 33.4 Å². The van der Waals surface area contributed by atoms with Gasteiger partial charge in [-0.15, -0.1) is 0 Å². The molecule has 0 N–H and O–H groups in total. The normalized spacial score (nSPS) is 15.5. The van der Waals surface area contributed by atoms with Crippen LogP contribution in [0.4, 0.5) is 8.78 Å². The number of hydrogen-bond donors (Lipinski definition) is 0. The Hall–Kier alpha value is -6.58. The highest BCUT2D eigenvalue weighted by Gasteiger charge is 2.43. The number of hydrogen-bond acceptors (Lipinski definition) is 4. The SMILES string of the molecule is [C-]#[N+]/C(C#N)=C1/C(c2ccccc2)=C(C#N)c2c(F)c3c(c(F)c21)C(C#N)=C(c1ccccc1)/C3=C(/C#N)[N+]#[C-]. The average Bonchev–Trinajstić information content (AvgIpc) is 3.53. The summed E-state index contributed by atoms with van der Waals surface area (Å²) in [4.78, 5) is 6.47. The van der Waals surface area contributed by atoms with Crippen LogP contribution in [0.2, 0.25) is 0 Å². The van der Waals surface area contributed by atoms with E-state index in [2.05, 4.69) is 9.69 Å². The number of allylic oxidation sites excluding steroid dienone is 8. The molecule has 182 valence electrons. The second-order valence-electron chi connectivity index (χ2n) is 8.48. The van der Waals surface area contributed by atoms with Crippen molar-refractivity contribution in [3.8, 4) is 24.3 Å². The van der Waals surface area contributed by atoms with Crippen LogP contribution in [0, 0.1) is 70.1 Å². The van der Waals surface area contributed by atoms with Crippen LogP contribution in [0.1, 0.15) is 33.4 Å². The molecule has 2 aliphatic rings. The predicted molar refractivity (Wildman–Crippen MR) is 142 cm³/mol. The van der Waals surface area contributed by atoms with E-state index in [0.717, 1.165) is 0 Å². The topological polar surface area (TPSA) is 104 Å². The highest BCUT2D eigenvalue weighted by atomic mass is 19.1. The molecule has 0 unspecified atom stereocenters. The van der Waals surface area contributed by atoms with Gasteiger partial charge in [0.1, 0.15) is 23.8 Å².